The highest BCUT2D eigenvalue weighted by Gasteiger charge is 2.37. The summed E-state index contributed by atoms with van der Waals surface area (Å²) >= 11 is 0. The minimum atomic E-state index is -4.39. The molecule has 2 N–H and O–H groups in total. The molecule has 0 aliphatic heterocycles. The fraction of sp³-hybridized carbons (Fsp3) is 0.450. The van der Waals surface area contributed by atoms with Gasteiger partial charge in [-0.3, -0.25) is 4.72 Å². The number of hydrogen-bond donors (Lipinski definition) is 2. The summed E-state index contributed by atoms with van der Waals surface area (Å²) in [7, 11) is -3.98. The highest BCUT2D eigenvalue weighted by Crippen LogP contribution is 2.34. The van der Waals surface area contributed by atoms with Gasteiger partial charge in [-0.25, -0.2) is 13.4 Å². The molecular formula is C20H27ClF3N3O3S. The molecule has 0 saturated heterocycles. The van der Waals surface area contributed by atoms with Crippen LogP contribution < -0.4 is 14.8 Å². The van der Waals surface area contributed by atoms with Gasteiger partial charge in [0.05, 0.1) is 22.2 Å². The van der Waals surface area contributed by atoms with E-state index in [1.165, 1.54) is 18.2 Å². The van der Waals surface area contributed by atoms with Crippen molar-refractivity contribution in [2.75, 3.05) is 24.4 Å². The average molecular weight is 482 g/mol. The van der Waals surface area contributed by atoms with Crippen LogP contribution in [0.15, 0.2) is 41.3 Å². The van der Waals surface area contributed by atoms with Gasteiger partial charge in [-0.05, 0) is 50.6 Å². The number of halogens is 4. The molecule has 174 valence electrons. The van der Waals surface area contributed by atoms with E-state index in [0.717, 1.165) is 32.0 Å². The van der Waals surface area contributed by atoms with Gasteiger partial charge in [-0.1, -0.05) is 19.1 Å². The van der Waals surface area contributed by atoms with E-state index in [-0.39, 0.29) is 28.6 Å². The maximum atomic E-state index is 12.8. The predicted octanol–water partition coefficient (Wildman–Crippen LogP) is 4.66. The van der Waals surface area contributed by atoms with Crippen molar-refractivity contribution in [2.24, 2.45) is 0 Å². The summed E-state index contributed by atoms with van der Waals surface area (Å²) in [5.41, 5.74) is 0.674. The molecule has 6 nitrogen and oxygen atoms in total. The van der Waals surface area contributed by atoms with Gasteiger partial charge in [0, 0.05) is 12.6 Å². The second-order valence-electron chi connectivity index (χ2n) is 6.82. The lowest BCUT2D eigenvalue weighted by Gasteiger charge is -2.16. The number of benzene rings is 1. The molecule has 2 aromatic rings. The van der Waals surface area contributed by atoms with Crippen molar-refractivity contribution in [1.82, 2.24) is 10.3 Å². The van der Waals surface area contributed by atoms with Gasteiger partial charge in [-0.15, -0.1) is 12.4 Å². The molecule has 0 saturated carbocycles. The fourth-order valence-electron chi connectivity index (χ4n) is 2.58. The van der Waals surface area contributed by atoms with Crippen LogP contribution in [0.5, 0.6) is 5.88 Å². The SMILES string of the molecule is CCCNCCOc1ccc(NS(=O)(=O)c2ccc([C@@H](C)C(F)(F)F)cc2)c(C)n1.Cl. The minimum Gasteiger partial charge on any atom is -0.476 e. The van der Waals surface area contributed by atoms with Crippen molar-refractivity contribution < 1.29 is 26.3 Å². The molecule has 0 aliphatic carbocycles. The molecule has 2 rings (SSSR count). The first-order valence-corrected chi connectivity index (χ1v) is 11.0. The first-order valence-electron chi connectivity index (χ1n) is 9.55. The number of anilines is 1. The number of ether oxygens (including phenoxy) is 1. The number of aryl methyl sites for hydroxylation is 1. The molecule has 1 heterocycles. The van der Waals surface area contributed by atoms with Gasteiger partial charge in [0.15, 0.2) is 0 Å². The molecule has 0 unspecified atom stereocenters. The topological polar surface area (TPSA) is 80.3 Å². The van der Waals surface area contributed by atoms with Crippen LogP contribution in [0.4, 0.5) is 18.9 Å². The lowest BCUT2D eigenvalue weighted by Crippen LogP contribution is -2.22. The lowest BCUT2D eigenvalue weighted by atomic mass is 10.0. The number of rotatable bonds is 10. The monoisotopic (exact) mass is 481 g/mol. The zero-order valence-corrected chi connectivity index (χ0v) is 19.1. The molecule has 1 aromatic heterocycles. The highest BCUT2D eigenvalue weighted by molar-refractivity contribution is 7.92. The lowest BCUT2D eigenvalue weighted by molar-refractivity contribution is -0.146. The smallest absolute Gasteiger partial charge is 0.395 e. The van der Waals surface area contributed by atoms with Crippen LogP contribution >= 0.6 is 12.4 Å². The van der Waals surface area contributed by atoms with E-state index in [9.17, 15) is 21.6 Å². The summed E-state index contributed by atoms with van der Waals surface area (Å²) in [6.45, 7) is 6.73. The van der Waals surface area contributed by atoms with Crippen LogP contribution in [0.3, 0.4) is 0 Å². The van der Waals surface area contributed by atoms with E-state index >= 15 is 0 Å². The molecule has 0 radical (unpaired) electrons. The van der Waals surface area contributed by atoms with E-state index in [2.05, 4.69) is 21.9 Å². The third-order valence-electron chi connectivity index (χ3n) is 4.44. The summed E-state index contributed by atoms with van der Waals surface area (Å²) in [6.07, 6.45) is -3.37. The zero-order chi connectivity index (χ0) is 22.4. The Hall–Kier alpha value is -2.04. The van der Waals surface area contributed by atoms with Crippen molar-refractivity contribution in [3.63, 3.8) is 0 Å². The largest absolute Gasteiger partial charge is 0.476 e. The Morgan fingerprint density at radius 2 is 1.74 bits per heavy atom. The van der Waals surface area contributed by atoms with E-state index in [1.54, 1.807) is 13.0 Å². The Bertz CT molecular complexity index is 939. The fourth-order valence-corrected chi connectivity index (χ4v) is 3.70. The molecule has 0 fully saturated rings. The number of pyridine rings is 1. The molecule has 1 aromatic carbocycles. The van der Waals surface area contributed by atoms with Gasteiger partial charge >= 0.3 is 6.18 Å². The molecule has 1 atom stereocenters. The zero-order valence-electron chi connectivity index (χ0n) is 17.5. The van der Waals surface area contributed by atoms with E-state index in [4.69, 9.17) is 4.74 Å². The number of alkyl halides is 3. The third-order valence-corrected chi connectivity index (χ3v) is 5.82. The quantitative estimate of drug-likeness (QED) is 0.482. The van der Waals surface area contributed by atoms with Crippen molar-refractivity contribution in [3.8, 4) is 5.88 Å². The number of hydrogen-bond acceptors (Lipinski definition) is 5. The molecule has 0 amide bonds. The molecule has 0 aliphatic rings. The summed E-state index contributed by atoms with van der Waals surface area (Å²) in [4.78, 5) is 4.09. The van der Waals surface area contributed by atoms with Crippen molar-refractivity contribution >= 4 is 28.1 Å². The summed E-state index contributed by atoms with van der Waals surface area (Å²) in [5.74, 6) is -1.31. The number of aromatic nitrogens is 1. The van der Waals surface area contributed by atoms with Crippen LogP contribution in [0.1, 0.15) is 37.4 Å². The summed E-state index contributed by atoms with van der Waals surface area (Å²) < 4.78 is 71.6. The summed E-state index contributed by atoms with van der Waals surface area (Å²) in [5, 5.41) is 3.19. The Labute approximate surface area is 187 Å². The van der Waals surface area contributed by atoms with E-state index in [0.29, 0.717) is 24.7 Å². The first-order chi connectivity index (χ1) is 14.0. The minimum absolute atomic E-state index is 0. The second-order valence-corrected chi connectivity index (χ2v) is 8.50. The first kappa shape index (κ1) is 27.0. The maximum absolute atomic E-state index is 12.8. The van der Waals surface area contributed by atoms with Crippen LogP contribution in [0.2, 0.25) is 0 Å². The molecule has 0 bridgehead atoms. The maximum Gasteiger partial charge on any atom is 0.395 e. The van der Waals surface area contributed by atoms with Crippen molar-refractivity contribution in [1.29, 1.82) is 0 Å². The van der Waals surface area contributed by atoms with Crippen molar-refractivity contribution in [2.45, 2.75) is 44.2 Å². The van der Waals surface area contributed by atoms with Gasteiger partial charge in [-0.2, -0.15) is 13.2 Å². The van der Waals surface area contributed by atoms with Gasteiger partial charge in [0.2, 0.25) is 5.88 Å². The average Bonchev–Trinajstić information content (AvgIpc) is 2.68. The Morgan fingerprint density at radius 3 is 2.29 bits per heavy atom. The van der Waals surface area contributed by atoms with Gasteiger partial charge in [0.25, 0.3) is 10.0 Å². The normalized spacial score (nSPS) is 12.7. The molecule has 31 heavy (non-hydrogen) atoms. The van der Waals surface area contributed by atoms with Crippen molar-refractivity contribution in [3.05, 3.63) is 47.7 Å². The highest BCUT2D eigenvalue weighted by atomic mass is 35.5. The van der Waals surface area contributed by atoms with Crippen LogP contribution in [0.25, 0.3) is 0 Å². The summed E-state index contributed by atoms with van der Waals surface area (Å²) in [6, 6.07) is 7.74. The van der Waals surface area contributed by atoms with E-state index < -0.39 is 22.1 Å². The number of sulfonamides is 1. The number of nitrogens with zero attached hydrogens (tertiary/aromatic N) is 1. The van der Waals surface area contributed by atoms with Gasteiger partial charge in [0.1, 0.15) is 6.61 Å². The predicted molar refractivity (Wildman–Crippen MR) is 117 cm³/mol. The number of nitrogens with one attached hydrogen (secondary N) is 2. The van der Waals surface area contributed by atoms with Crippen LogP contribution in [-0.2, 0) is 10.0 Å². The Morgan fingerprint density at radius 1 is 1.10 bits per heavy atom. The molecule has 0 spiro atoms. The standard InChI is InChI=1S/C20H26F3N3O3S.ClH/c1-4-11-24-12-13-29-19-10-9-18(15(3)25-19)26-30(27,28)17-7-5-16(6-8-17)14(2)20(21,22)23;/h5-10,14,24,26H,4,11-13H2,1-3H3;1H/t14-;/m1./s1. The Balaban J connectivity index is 0.00000480. The second kappa shape index (κ2) is 11.5. The van der Waals surface area contributed by atoms with Crippen LogP contribution in [-0.4, -0.2) is 39.3 Å². The molecular weight excluding hydrogens is 455 g/mol. The third kappa shape index (κ3) is 7.86. The van der Waals surface area contributed by atoms with Crippen LogP contribution in [0, 0.1) is 6.92 Å². The van der Waals surface area contributed by atoms with E-state index in [1.807, 2.05) is 0 Å². The molecule has 11 heteroatoms. The Kier molecular flexibility index (Phi) is 10.1. The van der Waals surface area contributed by atoms with Gasteiger partial charge < -0.3 is 10.1 Å².